The van der Waals surface area contributed by atoms with Gasteiger partial charge in [0, 0.05) is 4.47 Å². The third kappa shape index (κ3) is 2.73. The maximum absolute atomic E-state index is 12.9. The van der Waals surface area contributed by atoms with Crippen LogP contribution in [0, 0.1) is 0 Å². The molecule has 8 heteroatoms. The second kappa shape index (κ2) is 5.95. The summed E-state index contributed by atoms with van der Waals surface area (Å²) in [5.74, 6) is -0.651. The van der Waals surface area contributed by atoms with Gasteiger partial charge in [-0.2, -0.15) is 0 Å². The minimum Gasteiger partial charge on any atom is -0.289 e. The van der Waals surface area contributed by atoms with E-state index in [1.807, 2.05) is 0 Å². The summed E-state index contributed by atoms with van der Waals surface area (Å²) in [4.78, 5) is 11.8. The molecule has 0 aromatic heterocycles. The molecule has 2 aromatic rings. The summed E-state index contributed by atoms with van der Waals surface area (Å²) in [6.45, 7) is 0. The van der Waals surface area contributed by atoms with Crippen LogP contribution in [0.3, 0.4) is 0 Å². The standard InChI is InChI=1S/C15H13BrN2O4S/c16-10-6-7-12-13(9-15(19)17-20)18(11-4-2-1-3-5-11)23(21,22)14(12)8-10/h1-8,13,20H,9H2,(H,17,19). The molecule has 6 nitrogen and oxygen atoms in total. The van der Waals surface area contributed by atoms with E-state index in [-0.39, 0.29) is 11.3 Å². The van der Waals surface area contributed by atoms with E-state index < -0.39 is 22.0 Å². The van der Waals surface area contributed by atoms with E-state index in [0.717, 1.165) is 0 Å². The van der Waals surface area contributed by atoms with Crippen LogP contribution in [0.2, 0.25) is 0 Å². The number of nitrogens with one attached hydrogen (secondary N) is 1. The van der Waals surface area contributed by atoms with Gasteiger partial charge in [0.05, 0.1) is 23.0 Å². The van der Waals surface area contributed by atoms with Crippen molar-refractivity contribution in [2.24, 2.45) is 0 Å². The lowest BCUT2D eigenvalue weighted by molar-refractivity contribution is -0.129. The van der Waals surface area contributed by atoms with Crippen molar-refractivity contribution >= 4 is 37.5 Å². The molecule has 0 aliphatic carbocycles. The second-order valence-electron chi connectivity index (χ2n) is 5.07. The molecule has 1 aliphatic heterocycles. The summed E-state index contributed by atoms with van der Waals surface area (Å²) < 4.78 is 27.7. The smallest absolute Gasteiger partial charge is 0.265 e. The highest BCUT2D eigenvalue weighted by Gasteiger charge is 2.43. The summed E-state index contributed by atoms with van der Waals surface area (Å²) >= 11 is 3.27. The number of benzene rings is 2. The highest BCUT2D eigenvalue weighted by molar-refractivity contribution is 9.10. The van der Waals surface area contributed by atoms with Crippen molar-refractivity contribution in [3.05, 3.63) is 58.6 Å². The van der Waals surface area contributed by atoms with Crippen LogP contribution < -0.4 is 9.79 Å². The van der Waals surface area contributed by atoms with E-state index in [2.05, 4.69) is 15.9 Å². The summed E-state index contributed by atoms with van der Waals surface area (Å²) in [5.41, 5.74) is 2.56. The summed E-state index contributed by atoms with van der Waals surface area (Å²) in [6.07, 6.45) is -0.181. The van der Waals surface area contributed by atoms with Crippen molar-refractivity contribution in [3.63, 3.8) is 0 Å². The minimum absolute atomic E-state index is 0.159. The van der Waals surface area contributed by atoms with Gasteiger partial charge in [0.25, 0.3) is 10.0 Å². The number of nitrogens with zero attached hydrogens (tertiary/aromatic N) is 1. The number of fused-ring (bicyclic) bond motifs is 1. The molecular formula is C15H13BrN2O4S. The zero-order valence-corrected chi connectivity index (χ0v) is 14.2. The van der Waals surface area contributed by atoms with E-state index in [9.17, 15) is 13.2 Å². The summed E-state index contributed by atoms with van der Waals surface area (Å²) in [6, 6.07) is 12.8. The van der Waals surface area contributed by atoms with Crippen LogP contribution in [-0.4, -0.2) is 19.5 Å². The Hall–Kier alpha value is -1.90. The highest BCUT2D eigenvalue weighted by atomic mass is 79.9. The van der Waals surface area contributed by atoms with Crippen LogP contribution in [0.5, 0.6) is 0 Å². The number of carbonyl (C=O) groups excluding carboxylic acids is 1. The van der Waals surface area contributed by atoms with Gasteiger partial charge < -0.3 is 0 Å². The van der Waals surface area contributed by atoms with Crippen molar-refractivity contribution in [2.75, 3.05) is 4.31 Å². The number of sulfonamides is 1. The molecule has 0 spiro atoms. The van der Waals surface area contributed by atoms with E-state index >= 15 is 0 Å². The topological polar surface area (TPSA) is 86.7 Å². The molecule has 23 heavy (non-hydrogen) atoms. The van der Waals surface area contributed by atoms with E-state index in [0.29, 0.717) is 15.7 Å². The molecule has 1 amide bonds. The van der Waals surface area contributed by atoms with Crippen molar-refractivity contribution in [2.45, 2.75) is 17.4 Å². The quantitative estimate of drug-likeness (QED) is 0.616. The number of anilines is 1. The fourth-order valence-electron chi connectivity index (χ4n) is 2.71. The molecule has 0 radical (unpaired) electrons. The Labute approximate surface area is 141 Å². The Morgan fingerprint density at radius 2 is 1.91 bits per heavy atom. The van der Waals surface area contributed by atoms with Gasteiger partial charge in [-0.05, 0) is 29.8 Å². The lowest BCUT2D eigenvalue weighted by Crippen LogP contribution is -2.32. The van der Waals surface area contributed by atoms with Gasteiger partial charge in [-0.25, -0.2) is 13.9 Å². The molecule has 1 atom stereocenters. The van der Waals surface area contributed by atoms with Gasteiger partial charge in [-0.1, -0.05) is 40.2 Å². The third-order valence-electron chi connectivity index (χ3n) is 3.67. The normalized spacial score (nSPS) is 18.5. The van der Waals surface area contributed by atoms with Gasteiger partial charge in [0.1, 0.15) is 0 Å². The van der Waals surface area contributed by atoms with E-state index in [4.69, 9.17) is 5.21 Å². The van der Waals surface area contributed by atoms with Crippen molar-refractivity contribution in [1.82, 2.24) is 5.48 Å². The average molecular weight is 397 g/mol. The Morgan fingerprint density at radius 3 is 2.57 bits per heavy atom. The number of hydrogen-bond donors (Lipinski definition) is 2. The number of carbonyl (C=O) groups is 1. The third-order valence-corrected chi connectivity index (χ3v) is 6.05. The van der Waals surface area contributed by atoms with Crippen molar-refractivity contribution in [3.8, 4) is 0 Å². The van der Waals surface area contributed by atoms with E-state index in [1.54, 1.807) is 47.9 Å². The van der Waals surface area contributed by atoms with Crippen LogP contribution in [-0.2, 0) is 14.8 Å². The van der Waals surface area contributed by atoms with Gasteiger partial charge in [-0.15, -0.1) is 0 Å². The SMILES string of the molecule is O=C(CC1c2ccc(Br)cc2S(=O)(=O)N1c1ccccc1)NO. The number of para-hydroxylation sites is 1. The van der Waals surface area contributed by atoms with Crippen LogP contribution in [0.25, 0.3) is 0 Å². The summed E-state index contributed by atoms with van der Waals surface area (Å²) in [7, 11) is -3.78. The first kappa shape index (κ1) is 16.0. The van der Waals surface area contributed by atoms with Gasteiger partial charge in [-0.3, -0.25) is 14.3 Å². The molecule has 2 aromatic carbocycles. The molecule has 1 heterocycles. The van der Waals surface area contributed by atoms with Crippen molar-refractivity contribution in [1.29, 1.82) is 0 Å². The monoisotopic (exact) mass is 396 g/mol. The van der Waals surface area contributed by atoms with Gasteiger partial charge in [0.2, 0.25) is 5.91 Å². The lowest BCUT2D eigenvalue weighted by atomic mass is 10.0. The number of rotatable bonds is 3. The minimum atomic E-state index is -3.78. The number of halogens is 1. The largest absolute Gasteiger partial charge is 0.289 e. The maximum atomic E-state index is 12.9. The number of hydroxylamine groups is 1. The predicted octanol–water partition coefficient (Wildman–Crippen LogP) is 2.59. The Morgan fingerprint density at radius 1 is 1.22 bits per heavy atom. The molecule has 0 saturated heterocycles. The van der Waals surface area contributed by atoms with Crippen molar-refractivity contribution < 1.29 is 18.4 Å². The maximum Gasteiger partial charge on any atom is 0.265 e. The molecular weight excluding hydrogens is 384 g/mol. The predicted molar refractivity (Wildman–Crippen MR) is 87.5 cm³/mol. The second-order valence-corrected chi connectivity index (χ2v) is 7.77. The molecule has 2 N–H and O–H groups in total. The van der Waals surface area contributed by atoms with Crippen LogP contribution in [0.1, 0.15) is 18.0 Å². The Balaban J connectivity index is 2.19. The molecule has 120 valence electrons. The first-order valence-corrected chi connectivity index (χ1v) is 9.00. The first-order chi connectivity index (χ1) is 10.9. The van der Waals surface area contributed by atoms with E-state index in [1.165, 1.54) is 10.4 Å². The number of amides is 1. The number of hydrogen-bond acceptors (Lipinski definition) is 4. The van der Waals surface area contributed by atoms with Crippen LogP contribution >= 0.6 is 15.9 Å². The Bertz CT molecular complexity index is 855. The summed E-state index contributed by atoms with van der Waals surface area (Å²) in [5, 5.41) is 8.80. The Kier molecular flexibility index (Phi) is 4.13. The molecule has 1 aliphatic rings. The molecule has 0 bridgehead atoms. The van der Waals surface area contributed by atoms with Crippen LogP contribution in [0.15, 0.2) is 57.9 Å². The van der Waals surface area contributed by atoms with Gasteiger partial charge in [0.15, 0.2) is 0 Å². The molecule has 0 saturated carbocycles. The average Bonchev–Trinajstić information content (AvgIpc) is 2.75. The van der Waals surface area contributed by atoms with Crippen LogP contribution in [0.4, 0.5) is 5.69 Å². The fourth-order valence-corrected chi connectivity index (χ4v) is 5.14. The fraction of sp³-hybridized carbons (Fsp3) is 0.133. The molecule has 1 unspecified atom stereocenters. The molecule has 3 rings (SSSR count). The zero-order valence-electron chi connectivity index (χ0n) is 11.8. The molecule has 0 fully saturated rings. The lowest BCUT2D eigenvalue weighted by Gasteiger charge is -2.25. The highest BCUT2D eigenvalue weighted by Crippen LogP contribution is 2.45. The first-order valence-electron chi connectivity index (χ1n) is 6.77. The van der Waals surface area contributed by atoms with Gasteiger partial charge >= 0.3 is 0 Å². The zero-order chi connectivity index (χ0) is 16.6.